The Hall–Kier alpha value is -2.73. The van der Waals surface area contributed by atoms with Crippen molar-refractivity contribution in [3.63, 3.8) is 0 Å². The number of benzene rings is 1. The molecular weight excluding hydrogens is 326 g/mol. The van der Waals surface area contributed by atoms with E-state index in [1.165, 1.54) is 11.1 Å². The molecule has 5 rings (SSSR count). The van der Waals surface area contributed by atoms with Gasteiger partial charge in [0.15, 0.2) is 5.82 Å². The highest BCUT2D eigenvalue weighted by Gasteiger charge is 2.26. The average molecular weight is 347 g/mol. The maximum atomic E-state index is 5.73. The Kier molecular flexibility index (Phi) is 3.71. The van der Waals surface area contributed by atoms with Gasteiger partial charge < -0.3 is 9.30 Å². The number of hydrogen-bond donors (Lipinski definition) is 0. The van der Waals surface area contributed by atoms with Crippen LogP contribution in [0.4, 0.5) is 0 Å². The molecule has 2 aliphatic heterocycles. The van der Waals surface area contributed by atoms with Crippen LogP contribution in [0, 0.1) is 0 Å². The monoisotopic (exact) mass is 347 g/mol. The lowest BCUT2D eigenvalue weighted by Gasteiger charge is -2.33. The third kappa shape index (κ3) is 2.57. The van der Waals surface area contributed by atoms with E-state index in [0.29, 0.717) is 6.04 Å². The lowest BCUT2D eigenvalue weighted by atomic mass is 10.0. The molecule has 0 fully saturated rings. The Morgan fingerprint density at radius 3 is 3.00 bits per heavy atom. The summed E-state index contributed by atoms with van der Waals surface area (Å²) in [6.07, 6.45) is 4.64. The Morgan fingerprint density at radius 2 is 2.12 bits per heavy atom. The van der Waals surface area contributed by atoms with Crippen LogP contribution in [0.25, 0.3) is 11.4 Å². The van der Waals surface area contributed by atoms with Crippen molar-refractivity contribution < 1.29 is 4.74 Å². The maximum Gasteiger partial charge on any atom is 0.165 e. The van der Waals surface area contributed by atoms with Gasteiger partial charge in [0.1, 0.15) is 11.6 Å². The van der Waals surface area contributed by atoms with Crippen molar-refractivity contribution in [2.24, 2.45) is 0 Å². The van der Waals surface area contributed by atoms with Crippen molar-refractivity contribution in [3.8, 4) is 17.1 Å². The Labute approximate surface area is 152 Å². The van der Waals surface area contributed by atoms with Gasteiger partial charge in [0.25, 0.3) is 0 Å². The molecule has 132 valence electrons. The quantitative estimate of drug-likeness (QED) is 0.729. The maximum absolute atomic E-state index is 5.73. The van der Waals surface area contributed by atoms with Crippen LogP contribution in [-0.2, 0) is 19.5 Å². The van der Waals surface area contributed by atoms with Crippen molar-refractivity contribution in [2.45, 2.75) is 32.5 Å². The molecule has 0 spiro atoms. The molecule has 6 heteroatoms. The van der Waals surface area contributed by atoms with E-state index in [1.807, 2.05) is 18.3 Å². The summed E-state index contributed by atoms with van der Waals surface area (Å²) in [6.45, 7) is 5.71. The summed E-state index contributed by atoms with van der Waals surface area (Å²) in [7, 11) is 0. The first-order valence-electron chi connectivity index (χ1n) is 9.12. The molecule has 1 unspecified atom stereocenters. The molecule has 0 bridgehead atoms. The molecule has 3 aromatic rings. The SMILES string of the molecule is CC(c1ccc2c(c1)OCC2)N1CCn2c(nnc2-c2cccnc2)C1. The third-order valence-electron chi connectivity index (χ3n) is 5.45. The Morgan fingerprint density at radius 1 is 1.15 bits per heavy atom. The van der Waals surface area contributed by atoms with Crippen LogP contribution in [0.1, 0.15) is 29.9 Å². The van der Waals surface area contributed by atoms with E-state index < -0.39 is 0 Å². The first kappa shape index (κ1) is 15.5. The van der Waals surface area contributed by atoms with E-state index in [4.69, 9.17) is 4.74 Å². The summed E-state index contributed by atoms with van der Waals surface area (Å²) in [5.41, 5.74) is 3.63. The average Bonchev–Trinajstić information content (AvgIpc) is 3.33. The number of pyridine rings is 1. The summed E-state index contributed by atoms with van der Waals surface area (Å²) in [6, 6.07) is 10.9. The van der Waals surface area contributed by atoms with E-state index in [-0.39, 0.29) is 0 Å². The van der Waals surface area contributed by atoms with Crippen molar-refractivity contribution in [2.75, 3.05) is 13.2 Å². The van der Waals surface area contributed by atoms with Gasteiger partial charge in [-0.1, -0.05) is 12.1 Å². The van der Waals surface area contributed by atoms with Crippen LogP contribution in [-0.4, -0.2) is 37.8 Å². The van der Waals surface area contributed by atoms with Gasteiger partial charge in [0.2, 0.25) is 0 Å². The predicted molar refractivity (Wildman–Crippen MR) is 97.7 cm³/mol. The van der Waals surface area contributed by atoms with Crippen LogP contribution >= 0.6 is 0 Å². The van der Waals surface area contributed by atoms with Crippen LogP contribution < -0.4 is 4.74 Å². The normalized spacial score (nSPS) is 17.4. The number of nitrogens with zero attached hydrogens (tertiary/aromatic N) is 5. The second-order valence-corrected chi connectivity index (χ2v) is 6.95. The Bertz CT molecular complexity index is 937. The molecule has 0 saturated heterocycles. The van der Waals surface area contributed by atoms with Crippen LogP contribution in [0.3, 0.4) is 0 Å². The fraction of sp³-hybridized carbons (Fsp3) is 0.350. The van der Waals surface area contributed by atoms with Gasteiger partial charge in [0, 0.05) is 43.5 Å². The number of ether oxygens (including phenoxy) is 1. The molecule has 1 atom stereocenters. The van der Waals surface area contributed by atoms with Gasteiger partial charge in [-0.3, -0.25) is 9.88 Å². The largest absolute Gasteiger partial charge is 0.493 e. The highest BCUT2D eigenvalue weighted by Crippen LogP contribution is 2.32. The number of hydrogen-bond acceptors (Lipinski definition) is 5. The molecular formula is C20H21N5O. The van der Waals surface area contributed by atoms with E-state index in [1.54, 1.807) is 6.20 Å². The minimum atomic E-state index is 0.316. The first-order chi connectivity index (χ1) is 12.8. The lowest BCUT2D eigenvalue weighted by Crippen LogP contribution is -2.36. The minimum Gasteiger partial charge on any atom is -0.493 e. The van der Waals surface area contributed by atoms with Crippen molar-refractivity contribution in [1.82, 2.24) is 24.6 Å². The summed E-state index contributed by atoms with van der Waals surface area (Å²) in [5.74, 6) is 2.97. The fourth-order valence-corrected chi connectivity index (χ4v) is 3.87. The zero-order valence-corrected chi connectivity index (χ0v) is 14.8. The van der Waals surface area contributed by atoms with Crippen molar-refractivity contribution >= 4 is 0 Å². The van der Waals surface area contributed by atoms with Crippen LogP contribution in [0.2, 0.25) is 0 Å². The highest BCUT2D eigenvalue weighted by atomic mass is 16.5. The molecule has 26 heavy (non-hydrogen) atoms. The summed E-state index contributed by atoms with van der Waals surface area (Å²) < 4.78 is 7.95. The van der Waals surface area contributed by atoms with Crippen molar-refractivity contribution in [1.29, 1.82) is 0 Å². The topological polar surface area (TPSA) is 56.1 Å². The van der Waals surface area contributed by atoms with E-state index >= 15 is 0 Å². The smallest absolute Gasteiger partial charge is 0.165 e. The number of rotatable bonds is 3. The number of fused-ring (bicyclic) bond motifs is 2. The zero-order chi connectivity index (χ0) is 17.5. The fourth-order valence-electron chi connectivity index (χ4n) is 3.87. The molecule has 0 amide bonds. The third-order valence-corrected chi connectivity index (χ3v) is 5.45. The molecule has 0 aliphatic carbocycles. The molecule has 2 aliphatic rings. The van der Waals surface area contributed by atoms with E-state index in [9.17, 15) is 0 Å². The van der Waals surface area contributed by atoms with Gasteiger partial charge in [-0.05, 0) is 36.2 Å². The molecule has 4 heterocycles. The number of aromatic nitrogens is 4. The summed E-state index contributed by atoms with van der Waals surface area (Å²) in [4.78, 5) is 6.65. The van der Waals surface area contributed by atoms with Gasteiger partial charge in [-0.25, -0.2) is 0 Å². The molecule has 2 aromatic heterocycles. The standard InChI is InChI=1S/C20H21N5O/c1-14(16-5-4-15-6-10-26-18(15)11-16)24-8-9-25-19(13-24)22-23-20(25)17-3-2-7-21-12-17/h2-5,7,11-12,14H,6,8-10,13H2,1H3. The second-order valence-electron chi connectivity index (χ2n) is 6.95. The van der Waals surface area contributed by atoms with Gasteiger partial charge in [-0.15, -0.1) is 10.2 Å². The van der Waals surface area contributed by atoms with Gasteiger partial charge >= 0.3 is 0 Å². The van der Waals surface area contributed by atoms with Crippen molar-refractivity contribution in [3.05, 3.63) is 59.7 Å². The first-order valence-corrected chi connectivity index (χ1v) is 9.12. The molecule has 0 radical (unpaired) electrons. The van der Waals surface area contributed by atoms with E-state index in [2.05, 4.69) is 49.8 Å². The predicted octanol–water partition coefficient (Wildman–Crippen LogP) is 2.85. The Balaban J connectivity index is 1.38. The zero-order valence-electron chi connectivity index (χ0n) is 14.8. The molecule has 0 saturated carbocycles. The van der Waals surface area contributed by atoms with Crippen LogP contribution in [0.15, 0.2) is 42.7 Å². The summed E-state index contributed by atoms with van der Waals surface area (Å²) in [5, 5.41) is 8.84. The van der Waals surface area contributed by atoms with Crippen LogP contribution in [0.5, 0.6) is 5.75 Å². The lowest BCUT2D eigenvalue weighted by molar-refractivity contribution is 0.163. The molecule has 0 N–H and O–H groups in total. The molecule has 6 nitrogen and oxygen atoms in total. The molecule has 1 aromatic carbocycles. The summed E-state index contributed by atoms with van der Waals surface area (Å²) >= 11 is 0. The highest BCUT2D eigenvalue weighted by molar-refractivity contribution is 5.53. The van der Waals surface area contributed by atoms with Gasteiger partial charge in [0.05, 0.1) is 13.2 Å². The minimum absolute atomic E-state index is 0.316. The second kappa shape index (κ2) is 6.21. The van der Waals surface area contributed by atoms with E-state index in [0.717, 1.165) is 55.6 Å². The van der Waals surface area contributed by atoms with Gasteiger partial charge in [-0.2, -0.15) is 0 Å².